The van der Waals surface area contributed by atoms with Crippen molar-refractivity contribution < 1.29 is 18.9 Å². The van der Waals surface area contributed by atoms with E-state index < -0.39 is 4.92 Å². The number of benzene rings is 1. The lowest BCUT2D eigenvalue weighted by atomic mass is 10.1. The number of methoxy groups -OCH3 is 2. The molecule has 0 saturated heterocycles. The first-order valence-electron chi connectivity index (χ1n) is 6.08. The molecule has 0 radical (unpaired) electrons. The molecule has 0 saturated carbocycles. The summed E-state index contributed by atoms with van der Waals surface area (Å²) in [6.45, 7) is 1.52. The van der Waals surface area contributed by atoms with E-state index in [4.69, 9.17) is 14.0 Å². The molecule has 0 fully saturated rings. The van der Waals surface area contributed by atoms with Crippen molar-refractivity contribution in [3.05, 3.63) is 45.3 Å². The van der Waals surface area contributed by atoms with Crippen molar-refractivity contribution in [3.63, 3.8) is 0 Å². The number of aromatic nitrogens is 1. The second kappa shape index (κ2) is 6.08. The summed E-state index contributed by atoms with van der Waals surface area (Å²) in [4.78, 5) is 10.4. The number of ether oxygens (including phenoxy) is 2. The minimum Gasteiger partial charge on any atom is -0.493 e. The molecule has 1 heterocycles. The molecule has 0 amide bonds. The number of nitro groups is 1. The van der Waals surface area contributed by atoms with E-state index in [0.29, 0.717) is 17.1 Å². The summed E-state index contributed by atoms with van der Waals surface area (Å²) in [5.74, 6) is 1.19. The van der Waals surface area contributed by atoms with Gasteiger partial charge in [0, 0.05) is 5.56 Å². The Kier molecular flexibility index (Phi) is 4.22. The van der Waals surface area contributed by atoms with Gasteiger partial charge in [-0.1, -0.05) is 17.3 Å². The number of hydrogen-bond donors (Lipinski definition) is 0. The van der Waals surface area contributed by atoms with Crippen LogP contribution < -0.4 is 9.47 Å². The first-order valence-corrected chi connectivity index (χ1v) is 6.08. The Morgan fingerprint density at radius 3 is 2.67 bits per heavy atom. The fraction of sp³-hybridized carbons (Fsp3) is 0.214. The third kappa shape index (κ3) is 2.86. The Morgan fingerprint density at radius 1 is 1.29 bits per heavy atom. The summed E-state index contributed by atoms with van der Waals surface area (Å²) in [6.07, 6.45) is 3.13. The molecule has 2 rings (SSSR count). The summed E-state index contributed by atoms with van der Waals surface area (Å²) >= 11 is 0. The Balaban J connectivity index is 2.41. The molecule has 0 spiro atoms. The van der Waals surface area contributed by atoms with Crippen molar-refractivity contribution in [1.82, 2.24) is 5.16 Å². The highest BCUT2D eigenvalue weighted by atomic mass is 16.6. The van der Waals surface area contributed by atoms with Crippen LogP contribution in [-0.2, 0) is 0 Å². The third-order valence-corrected chi connectivity index (χ3v) is 2.89. The quantitative estimate of drug-likeness (QED) is 0.621. The van der Waals surface area contributed by atoms with Crippen LogP contribution in [0.5, 0.6) is 11.5 Å². The zero-order valence-electron chi connectivity index (χ0n) is 11.8. The van der Waals surface area contributed by atoms with Gasteiger partial charge in [0.1, 0.15) is 0 Å². The van der Waals surface area contributed by atoms with E-state index in [-0.39, 0.29) is 17.1 Å². The van der Waals surface area contributed by atoms with Gasteiger partial charge < -0.3 is 14.0 Å². The van der Waals surface area contributed by atoms with Crippen LogP contribution in [0.1, 0.15) is 17.0 Å². The van der Waals surface area contributed by atoms with Gasteiger partial charge in [-0.15, -0.1) is 0 Å². The van der Waals surface area contributed by atoms with Gasteiger partial charge >= 0.3 is 5.69 Å². The zero-order valence-corrected chi connectivity index (χ0v) is 11.8. The van der Waals surface area contributed by atoms with Crippen molar-refractivity contribution in [2.75, 3.05) is 14.2 Å². The van der Waals surface area contributed by atoms with Gasteiger partial charge in [0.2, 0.25) is 5.76 Å². The van der Waals surface area contributed by atoms with E-state index in [1.807, 2.05) is 0 Å². The average Bonchev–Trinajstić information content (AvgIpc) is 2.85. The fourth-order valence-electron chi connectivity index (χ4n) is 1.92. The summed E-state index contributed by atoms with van der Waals surface area (Å²) < 4.78 is 15.4. The van der Waals surface area contributed by atoms with Crippen LogP contribution in [0, 0.1) is 17.0 Å². The zero-order chi connectivity index (χ0) is 15.4. The van der Waals surface area contributed by atoms with E-state index >= 15 is 0 Å². The molecule has 1 aromatic carbocycles. The molecule has 0 N–H and O–H groups in total. The smallest absolute Gasteiger partial charge is 0.338 e. The van der Waals surface area contributed by atoms with Crippen LogP contribution in [0.3, 0.4) is 0 Å². The topological polar surface area (TPSA) is 87.6 Å². The van der Waals surface area contributed by atoms with Crippen molar-refractivity contribution in [1.29, 1.82) is 0 Å². The van der Waals surface area contributed by atoms with Gasteiger partial charge in [-0.2, -0.15) is 0 Å². The number of hydrogen-bond acceptors (Lipinski definition) is 6. The highest BCUT2D eigenvalue weighted by Crippen LogP contribution is 2.32. The number of para-hydroxylation sites is 1. The molecule has 0 bridgehead atoms. The lowest BCUT2D eigenvalue weighted by Gasteiger charge is -2.09. The lowest BCUT2D eigenvalue weighted by molar-refractivity contribution is -0.386. The van der Waals surface area contributed by atoms with Crippen LogP contribution in [-0.4, -0.2) is 24.3 Å². The molecular weight excluding hydrogens is 276 g/mol. The number of aryl methyl sites for hydroxylation is 1. The SMILES string of the molecule is COc1cccc(/C=C\c2onc(C)c2[N+](=O)[O-])c1OC. The molecule has 1 aromatic heterocycles. The molecule has 2 aromatic rings. The summed E-state index contributed by atoms with van der Waals surface area (Å²) in [6, 6.07) is 5.35. The first-order chi connectivity index (χ1) is 10.1. The van der Waals surface area contributed by atoms with Gasteiger partial charge in [0.05, 0.1) is 19.1 Å². The summed E-state index contributed by atoms with van der Waals surface area (Å²) in [5, 5.41) is 14.6. The molecular formula is C14H14N2O5. The van der Waals surface area contributed by atoms with Crippen LogP contribution >= 0.6 is 0 Å². The molecule has 7 nitrogen and oxygen atoms in total. The van der Waals surface area contributed by atoms with E-state index in [0.717, 1.165) is 0 Å². The Bertz CT molecular complexity index is 691. The molecule has 0 aliphatic carbocycles. The highest BCUT2D eigenvalue weighted by molar-refractivity contribution is 5.75. The van der Waals surface area contributed by atoms with E-state index in [9.17, 15) is 10.1 Å². The largest absolute Gasteiger partial charge is 0.493 e. The van der Waals surface area contributed by atoms with Crippen LogP contribution in [0.2, 0.25) is 0 Å². The third-order valence-electron chi connectivity index (χ3n) is 2.89. The van der Waals surface area contributed by atoms with E-state index in [1.54, 1.807) is 24.3 Å². The standard InChI is InChI=1S/C14H14N2O5/c1-9-13(16(17)18)11(21-15-9)8-7-10-5-4-6-12(19-2)14(10)20-3/h4-8H,1-3H3/b8-7-. The van der Waals surface area contributed by atoms with Gasteiger partial charge in [-0.05, 0) is 25.1 Å². The first kappa shape index (κ1) is 14.6. The second-order valence-electron chi connectivity index (χ2n) is 4.15. The van der Waals surface area contributed by atoms with Gasteiger partial charge in [-0.25, -0.2) is 0 Å². The number of nitrogens with zero attached hydrogens (tertiary/aromatic N) is 2. The predicted octanol–water partition coefficient (Wildman–Crippen LogP) is 3.08. The van der Waals surface area contributed by atoms with Gasteiger partial charge in [0.25, 0.3) is 0 Å². The van der Waals surface area contributed by atoms with Crippen molar-refractivity contribution in [2.45, 2.75) is 6.92 Å². The molecule has 7 heteroatoms. The van der Waals surface area contributed by atoms with Crippen LogP contribution in [0.25, 0.3) is 12.2 Å². The average molecular weight is 290 g/mol. The maximum absolute atomic E-state index is 11.0. The minimum absolute atomic E-state index is 0.0855. The van der Waals surface area contributed by atoms with Crippen LogP contribution in [0.15, 0.2) is 22.7 Å². The highest BCUT2D eigenvalue weighted by Gasteiger charge is 2.22. The van der Waals surface area contributed by atoms with Gasteiger partial charge in [-0.3, -0.25) is 10.1 Å². The maximum Gasteiger partial charge on any atom is 0.338 e. The minimum atomic E-state index is -0.520. The predicted molar refractivity (Wildman–Crippen MR) is 76.4 cm³/mol. The Hall–Kier alpha value is -2.83. The molecule has 0 aliphatic heterocycles. The number of rotatable bonds is 5. The monoisotopic (exact) mass is 290 g/mol. The van der Waals surface area contributed by atoms with Crippen molar-refractivity contribution in [3.8, 4) is 11.5 Å². The van der Waals surface area contributed by atoms with E-state index in [2.05, 4.69) is 5.16 Å². The molecule has 0 atom stereocenters. The Labute approximate surface area is 120 Å². The molecule has 110 valence electrons. The summed E-state index contributed by atoms with van der Waals surface area (Å²) in [7, 11) is 3.06. The molecule has 0 unspecified atom stereocenters. The van der Waals surface area contributed by atoms with Crippen LogP contribution in [0.4, 0.5) is 5.69 Å². The fourth-order valence-corrected chi connectivity index (χ4v) is 1.92. The second-order valence-corrected chi connectivity index (χ2v) is 4.15. The normalized spacial score (nSPS) is 10.8. The van der Waals surface area contributed by atoms with E-state index in [1.165, 1.54) is 27.2 Å². The Morgan fingerprint density at radius 2 is 2.05 bits per heavy atom. The molecule has 0 aliphatic rings. The molecule has 21 heavy (non-hydrogen) atoms. The maximum atomic E-state index is 11.0. The van der Waals surface area contributed by atoms with Crippen molar-refractivity contribution in [2.24, 2.45) is 0 Å². The summed E-state index contributed by atoms with van der Waals surface area (Å²) in [5.41, 5.74) is 0.797. The van der Waals surface area contributed by atoms with Crippen molar-refractivity contribution >= 4 is 17.8 Å². The lowest BCUT2D eigenvalue weighted by Crippen LogP contribution is -1.92. The van der Waals surface area contributed by atoms with Gasteiger partial charge in [0.15, 0.2) is 17.2 Å².